The van der Waals surface area contributed by atoms with Gasteiger partial charge in [-0.25, -0.2) is 0 Å². The third kappa shape index (κ3) is 2.25. The van der Waals surface area contributed by atoms with Gasteiger partial charge in [-0.15, -0.1) is 0 Å². The van der Waals surface area contributed by atoms with Crippen molar-refractivity contribution in [1.82, 2.24) is 0 Å². The molecule has 1 aromatic rings. The highest BCUT2D eigenvalue weighted by Gasteiger charge is 2.28. The Hall–Kier alpha value is -1.35. The second-order valence-corrected chi connectivity index (χ2v) is 4.39. The van der Waals surface area contributed by atoms with Crippen LogP contribution in [0.3, 0.4) is 0 Å². The van der Waals surface area contributed by atoms with Gasteiger partial charge in [0.2, 0.25) is 0 Å². The highest BCUT2D eigenvalue weighted by Crippen LogP contribution is 2.31. The van der Waals surface area contributed by atoms with Crippen LogP contribution in [0.25, 0.3) is 0 Å². The topological polar surface area (TPSA) is 43.4 Å². The van der Waals surface area contributed by atoms with Crippen molar-refractivity contribution < 1.29 is 14.3 Å². The molecule has 0 radical (unpaired) electrons. The summed E-state index contributed by atoms with van der Waals surface area (Å²) in [6.07, 6.45) is 0.516. The van der Waals surface area contributed by atoms with Crippen LogP contribution in [0.4, 0.5) is 0 Å². The van der Waals surface area contributed by atoms with E-state index in [2.05, 4.69) is 4.74 Å². The summed E-state index contributed by atoms with van der Waals surface area (Å²) in [6, 6.07) is 5.48. The van der Waals surface area contributed by atoms with Gasteiger partial charge >= 0.3 is 11.9 Å². The Labute approximate surface area is 98.4 Å². The lowest BCUT2D eigenvalue weighted by Gasteiger charge is -2.21. The molecular formula is C12H11ClO3. The van der Waals surface area contributed by atoms with E-state index < -0.39 is 11.9 Å². The van der Waals surface area contributed by atoms with Gasteiger partial charge in [0.05, 0.1) is 12.8 Å². The molecule has 1 aromatic carbocycles. The Kier molecular flexibility index (Phi) is 2.97. The Balaban J connectivity index is 2.29. The monoisotopic (exact) mass is 238 g/mol. The van der Waals surface area contributed by atoms with Gasteiger partial charge in [0, 0.05) is 10.9 Å². The van der Waals surface area contributed by atoms with Crippen molar-refractivity contribution in [2.24, 2.45) is 0 Å². The molecule has 1 aliphatic heterocycles. The molecule has 1 fully saturated rings. The maximum absolute atomic E-state index is 11.2. The molecule has 2 rings (SSSR count). The third-order valence-electron chi connectivity index (χ3n) is 2.73. The number of carbonyl (C=O) groups is 2. The summed E-state index contributed by atoms with van der Waals surface area (Å²) < 4.78 is 4.50. The predicted molar refractivity (Wildman–Crippen MR) is 59.3 cm³/mol. The van der Waals surface area contributed by atoms with E-state index in [1.807, 2.05) is 19.1 Å². The fraction of sp³-hybridized carbons (Fsp3) is 0.333. The molecular weight excluding hydrogens is 228 g/mol. The van der Waals surface area contributed by atoms with Gasteiger partial charge in [0.1, 0.15) is 0 Å². The normalized spacial score (nSPS) is 17.4. The lowest BCUT2D eigenvalue weighted by atomic mass is 9.88. The molecule has 0 bridgehead atoms. The van der Waals surface area contributed by atoms with E-state index in [1.165, 1.54) is 0 Å². The van der Waals surface area contributed by atoms with Crippen LogP contribution in [0.15, 0.2) is 18.2 Å². The highest BCUT2D eigenvalue weighted by atomic mass is 35.5. The summed E-state index contributed by atoms with van der Waals surface area (Å²) in [5.41, 5.74) is 1.99. The van der Waals surface area contributed by atoms with Gasteiger partial charge < -0.3 is 4.74 Å². The van der Waals surface area contributed by atoms with Crippen LogP contribution in [0.2, 0.25) is 5.02 Å². The maximum Gasteiger partial charge on any atom is 0.314 e. The summed E-state index contributed by atoms with van der Waals surface area (Å²) in [4.78, 5) is 22.3. The molecule has 0 amide bonds. The van der Waals surface area contributed by atoms with Crippen molar-refractivity contribution in [3.8, 4) is 0 Å². The molecule has 84 valence electrons. The molecule has 4 heteroatoms. The molecule has 16 heavy (non-hydrogen) atoms. The standard InChI is InChI=1S/C12H11ClO3/c1-7-4-9(13)2-3-10(7)8-5-11(14)16-12(15)6-8/h2-4,8H,5-6H2,1H3. The van der Waals surface area contributed by atoms with Crippen LogP contribution in [0.1, 0.15) is 29.9 Å². The quantitative estimate of drug-likeness (QED) is 0.558. The number of hydrogen-bond donors (Lipinski definition) is 0. The van der Waals surface area contributed by atoms with Crippen molar-refractivity contribution in [3.05, 3.63) is 34.3 Å². The first-order valence-corrected chi connectivity index (χ1v) is 5.43. The Morgan fingerprint density at radius 3 is 2.44 bits per heavy atom. The zero-order valence-corrected chi connectivity index (χ0v) is 9.58. The van der Waals surface area contributed by atoms with Crippen molar-refractivity contribution in [3.63, 3.8) is 0 Å². The average molecular weight is 239 g/mol. The lowest BCUT2D eigenvalue weighted by molar-refractivity contribution is -0.163. The second-order valence-electron chi connectivity index (χ2n) is 3.95. The van der Waals surface area contributed by atoms with Crippen LogP contribution in [0, 0.1) is 6.92 Å². The zero-order chi connectivity index (χ0) is 11.7. The van der Waals surface area contributed by atoms with Crippen LogP contribution < -0.4 is 0 Å². The molecule has 0 atom stereocenters. The third-order valence-corrected chi connectivity index (χ3v) is 2.96. The first-order chi connectivity index (χ1) is 7.56. The van der Waals surface area contributed by atoms with E-state index in [0.29, 0.717) is 5.02 Å². The number of esters is 2. The minimum absolute atomic E-state index is 0.0778. The van der Waals surface area contributed by atoms with Gasteiger partial charge in [0.15, 0.2) is 0 Å². The molecule has 3 nitrogen and oxygen atoms in total. The lowest BCUT2D eigenvalue weighted by Crippen LogP contribution is -2.24. The molecule has 0 spiro atoms. The molecule has 0 saturated carbocycles. The number of halogens is 1. The van der Waals surface area contributed by atoms with Crippen molar-refractivity contribution in [2.75, 3.05) is 0 Å². The van der Waals surface area contributed by atoms with Gasteiger partial charge in [0.25, 0.3) is 0 Å². The number of hydrogen-bond acceptors (Lipinski definition) is 3. The van der Waals surface area contributed by atoms with Crippen LogP contribution >= 0.6 is 11.6 Å². The van der Waals surface area contributed by atoms with Gasteiger partial charge in [-0.1, -0.05) is 17.7 Å². The number of cyclic esters (lactones) is 2. The Morgan fingerprint density at radius 1 is 1.25 bits per heavy atom. The van der Waals surface area contributed by atoms with E-state index in [-0.39, 0.29) is 18.8 Å². The smallest absolute Gasteiger partial charge is 0.314 e. The van der Waals surface area contributed by atoms with Crippen molar-refractivity contribution in [1.29, 1.82) is 0 Å². The summed E-state index contributed by atoms with van der Waals surface area (Å²) in [5.74, 6) is -0.975. The number of aryl methyl sites for hydroxylation is 1. The fourth-order valence-corrected chi connectivity index (χ4v) is 2.23. The number of rotatable bonds is 1. The molecule has 1 heterocycles. The number of benzene rings is 1. The molecule has 1 aliphatic rings. The number of ether oxygens (including phenoxy) is 1. The minimum atomic E-state index is -0.449. The SMILES string of the molecule is Cc1cc(Cl)ccc1C1CC(=O)OC(=O)C1. The summed E-state index contributed by atoms with van der Waals surface area (Å²) in [5, 5.41) is 0.658. The van der Waals surface area contributed by atoms with E-state index in [9.17, 15) is 9.59 Å². The molecule has 0 aromatic heterocycles. The van der Waals surface area contributed by atoms with Crippen LogP contribution in [-0.4, -0.2) is 11.9 Å². The van der Waals surface area contributed by atoms with Gasteiger partial charge in [-0.2, -0.15) is 0 Å². The molecule has 0 N–H and O–H groups in total. The van der Waals surface area contributed by atoms with E-state index in [1.54, 1.807) is 6.07 Å². The zero-order valence-electron chi connectivity index (χ0n) is 8.83. The Morgan fingerprint density at radius 2 is 1.88 bits per heavy atom. The number of carbonyl (C=O) groups excluding carboxylic acids is 2. The molecule has 0 aliphatic carbocycles. The van der Waals surface area contributed by atoms with Crippen molar-refractivity contribution >= 4 is 23.5 Å². The fourth-order valence-electron chi connectivity index (χ4n) is 2.00. The molecule has 0 unspecified atom stereocenters. The maximum atomic E-state index is 11.2. The Bertz CT molecular complexity index is 438. The minimum Gasteiger partial charge on any atom is -0.393 e. The van der Waals surface area contributed by atoms with Crippen LogP contribution in [-0.2, 0) is 14.3 Å². The first-order valence-electron chi connectivity index (χ1n) is 5.06. The molecule has 1 saturated heterocycles. The van der Waals surface area contributed by atoms with E-state index in [0.717, 1.165) is 11.1 Å². The average Bonchev–Trinajstić information content (AvgIpc) is 2.15. The highest BCUT2D eigenvalue weighted by molar-refractivity contribution is 6.30. The first kappa shape index (κ1) is 11.1. The second kappa shape index (κ2) is 4.26. The van der Waals surface area contributed by atoms with Crippen LogP contribution in [0.5, 0.6) is 0 Å². The van der Waals surface area contributed by atoms with E-state index >= 15 is 0 Å². The van der Waals surface area contributed by atoms with E-state index in [4.69, 9.17) is 11.6 Å². The summed E-state index contributed by atoms with van der Waals surface area (Å²) >= 11 is 5.85. The largest absolute Gasteiger partial charge is 0.393 e. The van der Waals surface area contributed by atoms with Gasteiger partial charge in [-0.3, -0.25) is 9.59 Å². The summed E-state index contributed by atoms with van der Waals surface area (Å²) in [6.45, 7) is 1.92. The predicted octanol–water partition coefficient (Wildman–Crippen LogP) is 2.60. The summed E-state index contributed by atoms with van der Waals surface area (Å²) in [7, 11) is 0. The van der Waals surface area contributed by atoms with Crippen molar-refractivity contribution in [2.45, 2.75) is 25.7 Å². The van der Waals surface area contributed by atoms with Gasteiger partial charge in [-0.05, 0) is 30.2 Å².